The smallest absolute Gasteiger partial charge is 0.329 e. The van der Waals surface area contributed by atoms with Gasteiger partial charge in [0, 0.05) is 12.1 Å². The number of carbonyl (C=O) groups excluding carboxylic acids is 1. The standard InChI is InChI=1S/C14H16N2O5S/c17-12(9-10-2-1-3-11(8-10)16(20)21)15-14(13(18)19)4-6-22-7-5-14/h1-3,8H,4-7,9H2,(H,15,17)(H,18,19). The molecule has 0 aliphatic carbocycles. The van der Waals surface area contributed by atoms with Gasteiger partial charge in [-0.05, 0) is 29.9 Å². The summed E-state index contributed by atoms with van der Waals surface area (Å²) in [5.41, 5.74) is -0.826. The van der Waals surface area contributed by atoms with Crippen LogP contribution >= 0.6 is 11.8 Å². The fourth-order valence-corrected chi connectivity index (χ4v) is 3.58. The van der Waals surface area contributed by atoms with Crippen molar-refractivity contribution < 1.29 is 19.6 Å². The lowest BCUT2D eigenvalue weighted by Gasteiger charge is -2.33. The molecular formula is C14H16N2O5S. The number of nitro groups is 1. The second-order valence-electron chi connectivity index (χ2n) is 5.15. The van der Waals surface area contributed by atoms with Gasteiger partial charge in [0.2, 0.25) is 5.91 Å². The number of hydrogen-bond acceptors (Lipinski definition) is 5. The van der Waals surface area contributed by atoms with E-state index in [1.165, 1.54) is 18.2 Å². The topological polar surface area (TPSA) is 110 Å². The second kappa shape index (κ2) is 6.78. The normalized spacial score (nSPS) is 16.7. The zero-order chi connectivity index (χ0) is 16.2. The summed E-state index contributed by atoms with van der Waals surface area (Å²) in [5.74, 6) is -0.0951. The van der Waals surface area contributed by atoms with Crippen LogP contribution in [-0.4, -0.2) is 39.0 Å². The van der Waals surface area contributed by atoms with Crippen molar-refractivity contribution in [2.45, 2.75) is 24.8 Å². The maximum absolute atomic E-state index is 12.1. The highest BCUT2D eigenvalue weighted by atomic mass is 32.2. The SMILES string of the molecule is O=C(Cc1cccc([N+](=O)[O-])c1)NC1(C(=O)O)CCSCC1. The molecule has 7 nitrogen and oxygen atoms in total. The lowest BCUT2D eigenvalue weighted by atomic mass is 9.92. The first kappa shape index (κ1) is 16.3. The summed E-state index contributed by atoms with van der Waals surface area (Å²) in [4.78, 5) is 33.8. The van der Waals surface area contributed by atoms with E-state index < -0.39 is 22.3 Å². The van der Waals surface area contributed by atoms with Crippen molar-refractivity contribution >= 4 is 29.3 Å². The van der Waals surface area contributed by atoms with E-state index in [1.807, 2.05) is 0 Å². The molecule has 1 aromatic rings. The third kappa shape index (κ3) is 3.76. The van der Waals surface area contributed by atoms with E-state index in [4.69, 9.17) is 0 Å². The van der Waals surface area contributed by atoms with Gasteiger partial charge in [-0.2, -0.15) is 11.8 Å². The number of carbonyl (C=O) groups is 2. The predicted molar refractivity (Wildman–Crippen MR) is 81.9 cm³/mol. The number of nitrogens with zero attached hydrogens (tertiary/aromatic N) is 1. The van der Waals surface area contributed by atoms with E-state index in [2.05, 4.69) is 5.32 Å². The van der Waals surface area contributed by atoms with Crippen LogP contribution in [0.15, 0.2) is 24.3 Å². The van der Waals surface area contributed by atoms with Crippen LogP contribution in [0.3, 0.4) is 0 Å². The van der Waals surface area contributed by atoms with Crippen molar-refractivity contribution in [1.82, 2.24) is 5.32 Å². The minimum Gasteiger partial charge on any atom is -0.480 e. The van der Waals surface area contributed by atoms with E-state index in [1.54, 1.807) is 17.8 Å². The van der Waals surface area contributed by atoms with Gasteiger partial charge in [0.1, 0.15) is 5.54 Å². The average Bonchev–Trinajstić information content (AvgIpc) is 2.48. The maximum atomic E-state index is 12.1. The Balaban J connectivity index is 2.07. The third-order valence-electron chi connectivity index (χ3n) is 3.62. The molecule has 0 aromatic heterocycles. The van der Waals surface area contributed by atoms with E-state index in [-0.39, 0.29) is 12.1 Å². The first-order chi connectivity index (χ1) is 10.4. The van der Waals surface area contributed by atoms with E-state index in [0.717, 1.165) is 0 Å². The Hall–Kier alpha value is -2.09. The van der Waals surface area contributed by atoms with Crippen LogP contribution < -0.4 is 5.32 Å². The highest BCUT2D eigenvalue weighted by Crippen LogP contribution is 2.27. The van der Waals surface area contributed by atoms with Crippen molar-refractivity contribution in [3.8, 4) is 0 Å². The molecule has 1 saturated heterocycles. The van der Waals surface area contributed by atoms with Crippen LogP contribution in [0.5, 0.6) is 0 Å². The zero-order valence-electron chi connectivity index (χ0n) is 11.8. The van der Waals surface area contributed by atoms with Crippen LogP contribution in [0.4, 0.5) is 5.69 Å². The van der Waals surface area contributed by atoms with Gasteiger partial charge in [0.15, 0.2) is 0 Å². The average molecular weight is 324 g/mol. The molecule has 1 fully saturated rings. The Bertz CT molecular complexity index is 599. The molecule has 1 aliphatic rings. The fraction of sp³-hybridized carbons (Fsp3) is 0.429. The van der Waals surface area contributed by atoms with Crippen molar-refractivity contribution in [2.24, 2.45) is 0 Å². The molecule has 8 heteroatoms. The Morgan fingerprint density at radius 1 is 1.36 bits per heavy atom. The van der Waals surface area contributed by atoms with Gasteiger partial charge in [0.25, 0.3) is 5.69 Å². The van der Waals surface area contributed by atoms with Crippen molar-refractivity contribution in [1.29, 1.82) is 0 Å². The molecule has 2 rings (SSSR count). The fourth-order valence-electron chi connectivity index (χ4n) is 2.39. The summed E-state index contributed by atoms with van der Waals surface area (Å²) in [5, 5.41) is 22.7. The summed E-state index contributed by atoms with van der Waals surface area (Å²) in [6.45, 7) is 0. The predicted octanol–water partition coefficient (Wildman–Crippen LogP) is 1.60. The summed E-state index contributed by atoms with van der Waals surface area (Å²) < 4.78 is 0. The number of amides is 1. The number of aliphatic carboxylic acids is 1. The zero-order valence-corrected chi connectivity index (χ0v) is 12.6. The van der Waals surface area contributed by atoms with Gasteiger partial charge >= 0.3 is 5.97 Å². The Morgan fingerprint density at radius 2 is 2.05 bits per heavy atom. The lowest BCUT2D eigenvalue weighted by Crippen LogP contribution is -2.56. The van der Waals surface area contributed by atoms with Crippen LogP contribution in [0.25, 0.3) is 0 Å². The number of carboxylic acids is 1. The van der Waals surface area contributed by atoms with Crippen LogP contribution in [0.1, 0.15) is 18.4 Å². The molecule has 1 heterocycles. The minimum absolute atomic E-state index is 0.0795. The molecule has 1 amide bonds. The molecule has 0 atom stereocenters. The van der Waals surface area contributed by atoms with Gasteiger partial charge in [-0.15, -0.1) is 0 Å². The quantitative estimate of drug-likeness (QED) is 0.629. The first-order valence-electron chi connectivity index (χ1n) is 6.78. The highest BCUT2D eigenvalue weighted by molar-refractivity contribution is 7.99. The molecule has 1 aromatic carbocycles. The lowest BCUT2D eigenvalue weighted by molar-refractivity contribution is -0.384. The van der Waals surface area contributed by atoms with Gasteiger partial charge in [-0.1, -0.05) is 12.1 Å². The number of thioether (sulfide) groups is 1. The summed E-state index contributed by atoms with van der Waals surface area (Å²) >= 11 is 1.66. The Kier molecular flexibility index (Phi) is 5.02. The number of nitro benzene ring substituents is 1. The molecule has 22 heavy (non-hydrogen) atoms. The number of carboxylic acid groups (broad SMARTS) is 1. The minimum atomic E-state index is -1.22. The molecule has 0 unspecified atom stereocenters. The number of benzene rings is 1. The van der Waals surface area contributed by atoms with Crippen molar-refractivity contribution in [3.05, 3.63) is 39.9 Å². The largest absolute Gasteiger partial charge is 0.480 e. The van der Waals surface area contributed by atoms with E-state index in [0.29, 0.717) is 29.9 Å². The van der Waals surface area contributed by atoms with Crippen LogP contribution in [0, 0.1) is 10.1 Å². The highest BCUT2D eigenvalue weighted by Gasteiger charge is 2.41. The first-order valence-corrected chi connectivity index (χ1v) is 7.94. The van der Waals surface area contributed by atoms with Gasteiger partial charge in [-0.25, -0.2) is 4.79 Å². The molecule has 118 valence electrons. The van der Waals surface area contributed by atoms with Gasteiger partial charge < -0.3 is 10.4 Å². The maximum Gasteiger partial charge on any atom is 0.329 e. The molecule has 0 saturated carbocycles. The van der Waals surface area contributed by atoms with Crippen LogP contribution in [0.2, 0.25) is 0 Å². The Labute approximate surface area is 131 Å². The molecule has 0 radical (unpaired) electrons. The second-order valence-corrected chi connectivity index (χ2v) is 6.38. The summed E-state index contributed by atoms with van der Waals surface area (Å²) in [7, 11) is 0. The monoisotopic (exact) mass is 324 g/mol. The third-order valence-corrected chi connectivity index (χ3v) is 4.61. The molecule has 2 N–H and O–H groups in total. The van der Waals surface area contributed by atoms with Gasteiger partial charge in [-0.3, -0.25) is 14.9 Å². The molecular weight excluding hydrogens is 308 g/mol. The van der Waals surface area contributed by atoms with Crippen LogP contribution in [-0.2, 0) is 16.0 Å². The van der Waals surface area contributed by atoms with E-state index in [9.17, 15) is 24.8 Å². The number of nitrogens with one attached hydrogen (secondary N) is 1. The van der Waals surface area contributed by atoms with Crippen molar-refractivity contribution in [2.75, 3.05) is 11.5 Å². The number of hydrogen-bond donors (Lipinski definition) is 2. The van der Waals surface area contributed by atoms with E-state index >= 15 is 0 Å². The number of rotatable bonds is 5. The Morgan fingerprint density at radius 3 is 2.64 bits per heavy atom. The number of non-ortho nitro benzene ring substituents is 1. The summed E-state index contributed by atoms with van der Waals surface area (Å²) in [6.07, 6.45) is 0.686. The molecule has 0 bridgehead atoms. The summed E-state index contributed by atoms with van der Waals surface area (Å²) in [6, 6.07) is 5.78. The van der Waals surface area contributed by atoms with Crippen molar-refractivity contribution in [3.63, 3.8) is 0 Å². The van der Waals surface area contributed by atoms with Gasteiger partial charge in [0.05, 0.1) is 11.3 Å². The molecule has 1 aliphatic heterocycles. The molecule has 0 spiro atoms.